The molecule has 0 aromatic heterocycles. The SMILES string of the molecule is CCCCCCCCC(=O)NCC(O)COP(=O)(O)O. The average molecular weight is 311 g/mol. The van der Waals surface area contributed by atoms with E-state index in [-0.39, 0.29) is 12.5 Å². The van der Waals surface area contributed by atoms with E-state index in [1.807, 2.05) is 0 Å². The van der Waals surface area contributed by atoms with Crippen molar-refractivity contribution < 1.29 is 28.8 Å². The summed E-state index contributed by atoms with van der Waals surface area (Å²) in [6, 6.07) is 0. The Bertz CT molecular complexity index is 306. The Balaban J connectivity index is 3.50. The Labute approximate surface area is 120 Å². The van der Waals surface area contributed by atoms with Crippen molar-refractivity contribution in [3.8, 4) is 0 Å². The lowest BCUT2D eigenvalue weighted by Gasteiger charge is -2.12. The lowest BCUT2D eigenvalue weighted by Crippen LogP contribution is -2.34. The molecule has 8 heteroatoms. The fraction of sp³-hybridized carbons (Fsp3) is 0.917. The summed E-state index contributed by atoms with van der Waals surface area (Å²) in [4.78, 5) is 28.3. The maximum atomic E-state index is 11.4. The van der Waals surface area contributed by atoms with Gasteiger partial charge in [0.2, 0.25) is 5.91 Å². The zero-order valence-electron chi connectivity index (χ0n) is 12.0. The number of unbranched alkanes of at least 4 members (excludes halogenated alkanes) is 5. The van der Waals surface area contributed by atoms with Crippen molar-refractivity contribution in [2.75, 3.05) is 13.2 Å². The van der Waals surface area contributed by atoms with Gasteiger partial charge in [0, 0.05) is 13.0 Å². The Hall–Kier alpha value is -0.460. The van der Waals surface area contributed by atoms with E-state index in [1.54, 1.807) is 0 Å². The standard InChI is InChI=1S/C12H26NO6P/c1-2-3-4-5-6-7-8-12(15)13-9-11(14)10-19-20(16,17)18/h11,14H,2-10H2,1H3,(H,13,15)(H2,16,17,18). The number of amides is 1. The summed E-state index contributed by atoms with van der Waals surface area (Å²) in [6.45, 7) is 1.56. The highest BCUT2D eigenvalue weighted by Gasteiger charge is 2.17. The summed E-state index contributed by atoms with van der Waals surface area (Å²) in [6.07, 6.45) is 5.82. The molecule has 0 aromatic rings. The highest BCUT2D eigenvalue weighted by molar-refractivity contribution is 7.46. The lowest BCUT2D eigenvalue weighted by atomic mass is 10.1. The van der Waals surface area contributed by atoms with Gasteiger partial charge in [-0.15, -0.1) is 0 Å². The van der Waals surface area contributed by atoms with Crippen LogP contribution < -0.4 is 5.32 Å². The van der Waals surface area contributed by atoms with Gasteiger partial charge in [-0.3, -0.25) is 9.32 Å². The molecule has 1 atom stereocenters. The van der Waals surface area contributed by atoms with Gasteiger partial charge < -0.3 is 20.2 Å². The van der Waals surface area contributed by atoms with E-state index in [0.29, 0.717) is 6.42 Å². The zero-order valence-corrected chi connectivity index (χ0v) is 12.8. The van der Waals surface area contributed by atoms with Crippen LogP contribution in [0.1, 0.15) is 51.9 Å². The Morgan fingerprint density at radius 2 is 1.80 bits per heavy atom. The molecule has 0 radical (unpaired) electrons. The summed E-state index contributed by atoms with van der Waals surface area (Å²) in [5.74, 6) is -0.171. The molecule has 0 saturated carbocycles. The zero-order chi connectivity index (χ0) is 15.4. The number of hydrogen-bond acceptors (Lipinski definition) is 4. The van der Waals surface area contributed by atoms with Crippen molar-refractivity contribution in [1.82, 2.24) is 5.32 Å². The van der Waals surface area contributed by atoms with Gasteiger partial charge in [-0.25, -0.2) is 4.57 Å². The normalized spacial score (nSPS) is 13.2. The molecule has 1 amide bonds. The van der Waals surface area contributed by atoms with Crippen molar-refractivity contribution in [2.24, 2.45) is 0 Å². The maximum Gasteiger partial charge on any atom is 0.469 e. The molecular formula is C12H26NO6P. The number of phosphoric ester groups is 1. The van der Waals surface area contributed by atoms with Gasteiger partial charge in [-0.05, 0) is 6.42 Å². The van der Waals surface area contributed by atoms with Crippen molar-refractivity contribution in [1.29, 1.82) is 0 Å². The molecule has 120 valence electrons. The molecule has 0 aliphatic heterocycles. The second-order valence-electron chi connectivity index (χ2n) is 4.76. The molecule has 4 N–H and O–H groups in total. The fourth-order valence-corrected chi connectivity index (χ4v) is 1.99. The van der Waals surface area contributed by atoms with Crippen LogP contribution in [0.25, 0.3) is 0 Å². The maximum absolute atomic E-state index is 11.4. The first-order chi connectivity index (χ1) is 9.35. The number of phosphoric acid groups is 1. The Morgan fingerprint density at radius 1 is 1.20 bits per heavy atom. The Morgan fingerprint density at radius 3 is 2.40 bits per heavy atom. The van der Waals surface area contributed by atoms with E-state index < -0.39 is 20.5 Å². The first kappa shape index (κ1) is 19.5. The first-order valence-corrected chi connectivity index (χ1v) is 8.53. The molecule has 0 saturated heterocycles. The van der Waals surface area contributed by atoms with E-state index in [0.717, 1.165) is 19.3 Å². The second-order valence-corrected chi connectivity index (χ2v) is 6.00. The molecule has 0 heterocycles. The number of carbonyl (C=O) groups is 1. The predicted octanol–water partition coefficient (Wildman–Crippen LogP) is 1.32. The van der Waals surface area contributed by atoms with E-state index in [9.17, 15) is 14.5 Å². The van der Waals surface area contributed by atoms with Crippen LogP contribution in [0.2, 0.25) is 0 Å². The molecule has 0 fully saturated rings. The van der Waals surface area contributed by atoms with Crippen LogP contribution >= 0.6 is 7.82 Å². The molecule has 0 spiro atoms. The monoisotopic (exact) mass is 311 g/mol. The van der Waals surface area contributed by atoms with E-state index >= 15 is 0 Å². The van der Waals surface area contributed by atoms with Crippen LogP contribution in [-0.2, 0) is 13.9 Å². The summed E-state index contributed by atoms with van der Waals surface area (Å²) in [5, 5.41) is 11.8. The van der Waals surface area contributed by atoms with E-state index in [2.05, 4.69) is 16.8 Å². The van der Waals surface area contributed by atoms with Crippen LogP contribution in [0.15, 0.2) is 0 Å². The molecule has 1 unspecified atom stereocenters. The van der Waals surface area contributed by atoms with Gasteiger partial charge >= 0.3 is 7.82 Å². The van der Waals surface area contributed by atoms with Gasteiger partial charge in [0.25, 0.3) is 0 Å². The van der Waals surface area contributed by atoms with E-state index in [1.165, 1.54) is 19.3 Å². The van der Waals surface area contributed by atoms with E-state index in [4.69, 9.17) is 9.79 Å². The van der Waals surface area contributed by atoms with Crippen LogP contribution in [-0.4, -0.2) is 40.1 Å². The molecule has 20 heavy (non-hydrogen) atoms. The molecule has 0 rings (SSSR count). The topological polar surface area (TPSA) is 116 Å². The van der Waals surface area contributed by atoms with Crippen LogP contribution in [0.5, 0.6) is 0 Å². The number of rotatable bonds is 12. The summed E-state index contributed by atoms with van der Waals surface area (Å²) in [7, 11) is -4.57. The van der Waals surface area contributed by atoms with Crippen molar-refractivity contribution in [2.45, 2.75) is 58.0 Å². The summed E-state index contributed by atoms with van der Waals surface area (Å²) < 4.78 is 14.5. The third kappa shape index (κ3) is 14.0. The van der Waals surface area contributed by atoms with Crippen molar-refractivity contribution in [3.63, 3.8) is 0 Å². The minimum Gasteiger partial charge on any atom is -0.389 e. The highest BCUT2D eigenvalue weighted by atomic mass is 31.2. The molecule has 0 bridgehead atoms. The highest BCUT2D eigenvalue weighted by Crippen LogP contribution is 2.35. The molecule has 0 aliphatic carbocycles. The predicted molar refractivity (Wildman–Crippen MR) is 75.0 cm³/mol. The summed E-state index contributed by atoms with van der Waals surface area (Å²) in [5.41, 5.74) is 0. The van der Waals surface area contributed by atoms with Gasteiger partial charge in [0.15, 0.2) is 0 Å². The van der Waals surface area contributed by atoms with Crippen LogP contribution in [0.4, 0.5) is 0 Å². The Kier molecular flexibility index (Phi) is 11.0. The number of aliphatic hydroxyl groups is 1. The quantitative estimate of drug-likeness (QED) is 0.319. The van der Waals surface area contributed by atoms with Crippen LogP contribution in [0, 0.1) is 0 Å². The van der Waals surface area contributed by atoms with Gasteiger partial charge in [-0.1, -0.05) is 39.0 Å². The number of aliphatic hydroxyl groups excluding tert-OH is 1. The lowest BCUT2D eigenvalue weighted by molar-refractivity contribution is -0.121. The number of hydrogen-bond donors (Lipinski definition) is 4. The molecule has 0 aromatic carbocycles. The third-order valence-electron chi connectivity index (χ3n) is 2.73. The average Bonchev–Trinajstić information content (AvgIpc) is 2.37. The minimum atomic E-state index is -4.57. The van der Waals surface area contributed by atoms with Crippen molar-refractivity contribution in [3.05, 3.63) is 0 Å². The van der Waals surface area contributed by atoms with Crippen LogP contribution in [0.3, 0.4) is 0 Å². The number of carbonyl (C=O) groups excluding carboxylic acids is 1. The molecular weight excluding hydrogens is 285 g/mol. The molecule has 7 nitrogen and oxygen atoms in total. The smallest absolute Gasteiger partial charge is 0.389 e. The molecule has 0 aliphatic rings. The van der Waals surface area contributed by atoms with Crippen molar-refractivity contribution >= 4 is 13.7 Å². The minimum absolute atomic E-state index is 0.0747. The number of nitrogens with one attached hydrogen (secondary N) is 1. The fourth-order valence-electron chi connectivity index (χ4n) is 1.63. The summed E-state index contributed by atoms with van der Waals surface area (Å²) >= 11 is 0. The largest absolute Gasteiger partial charge is 0.469 e. The van der Waals surface area contributed by atoms with Gasteiger partial charge in [0.1, 0.15) is 0 Å². The van der Waals surface area contributed by atoms with Gasteiger partial charge in [0.05, 0.1) is 12.7 Å². The second kappa shape index (κ2) is 11.2. The van der Waals surface area contributed by atoms with Gasteiger partial charge in [-0.2, -0.15) is 0 Å². The third-order valence-corrected chi connectivity index (χ3v) is 3.21. The first-order valence-electron chi connectivity index (χ1n) is 7.00.